The molecule has 0 spiro atoms. The number of benzene rings is 1. The summed E-state index contributed by atoms with van der Waals surface area (Å²) in [5.74, 6) is -0.233. The molecule has 2 rings (SSSR count). The zero-order valence-electron chi connectivity index (χ0n) is 9.49. The van der Waals surface area contributed by atoms with Gasteiger partial charge in [0.25, 0.3) is 0 Å². The van der Waals surface area contributed by atoms with Gasteiger partial charge >= 0.3 is 5.97 Å². The summed E-state index contributed by atoms with van der Waals surface area (Å²) in [6.45, 7) is 3.83. The number of esters is 1. The molecule has 0 N–H and O–H groups in total. The molecule has 3 heteroatoms. The summed E-state index contributed by atoms with van der Waals surface area (Å²) in [6, 6.07) is 5.62. The normalized spacial score (nSPS) is 13.6. The van der Waals surface area contributed by atoms with E-state index in [9.17, 15) is 4.79 Å². The molecule has 1 aromatic rings. The highest BCUT2D eigenvalue weighted by Crippen LogP contribution is 2.21. The molecule has 86 valence electrons. The van der Waals surface area contributed by atoms with E-state index in [1.807, 2.05) is 18.2 Å². The fraction of sp³-hybridized carbons (Fsp3) is 0.462. The lowest BCUT2D eigenvalue weighted by molar-refractivity contribution is 0.0499. The van der Waals surface area contributed by atoms with Gasteiger partial charge in [-0.1, -0.05) is 19.4 Å². The molecule has 1 aliphatic heterocycles. The highest BCUT2D eigenvalue weighted by molar-refractivity contribution is 5.89. The molecule has 0 fully saturated rings. The Morgan fingerprint density at radius 3 is 3.00 bits per heavy atom. The van der Waals surface area contributed by atoms with E-state index in [2.05, 4.69) is 6.92 Å². The van der Waals surface area contributed by atoms with Crippen molar-refractivity contribution >= 4 is 5.97 Å². The van der Waals surface area contributed by atoms with Crippen LogP contribution in [0.4, 0.5) is 0 Å². The lowest BCUT2D eigenvalue weighted by Crippen LogP contribution is -2.06. The number of carbonyl (C=O) groups excluding carboxylic acids is 1. The topological polar surface area (TPSA) is 35.5 Å². The van der Waals surface area contributed by atoms with Crippen LogP contribution in [0.1, 0.15) is 41.3 Å². The fourth-order valence-electron chi connectivity index (χ4n) is 1.69. The lowest BCUT2D eigenvalue weighted by Gasteiger charge is -2.05. The SMILES string of the molecule is CCCCOC(=O)c1ccc2c(c1)COC2. The van der Waals surface area contributed by atoms with Gasteiger partial charge in [0.2, 0.25) is 0 Å². The van der Waals surface area contributed by atoms with E-state index >= 15 is 0 Å². The average molecular weight is 220 g/mol. The van der Waals surface area contributed by atoms with Gasteiger partial charge in [-0.3, -0.25) is 0 Å². The molecule has 0 saturated heterocycles. The monoisotopic (exact) mass is 220 g/mol. The first kappa shape index (κ1) is 11.1. The Bertz CT molecular complexity index is 385. The third-order valence-electron chi connectivity index (χ3n) is 2.69. The zero-order chi connectivity index (χ0) is 11.4. The third kappa shape index (κ3) is 2.42. The predicted molar refractivity (Wildman–Crippen MR) is 60.1 cm³/mol. The Morgan fingerprint density at radius 2 is 2.19 bits per heavy atom. The van der Waals surface area contributed by atoms with Gasteiger partial charge in [-0.05, 0) is 29.7 Å². The minimum atomic E-state index is -0.233. The van der Waals surface area contributed by atoms with E-state index in [0.717, 1.165) is 18.4 Å². The van der Waals surface area contributed by atoms with Gasteiger partial charge in [-0.25, -0.2) is 4.79 Å². The molecule has 0 radical (unpaired) electrons. The number of ether oxygens (including phenoxy) is 2. The molecule has 0 atom stereocenters. The van der Waals surface area contributed by atoms with Crippen LogP contribution in [0.25, 0.3) is 0 Å². The Hall–Kier alpha value is -1.35. The second-order valence-electron chi connectivity index (χ2n) is 3.97. The molecule has 1 aromatic carbocycles. The predicted octanol–water partition coefficient (Wildman–Crippen LogP) is 2.67. The summed E-state index contributed by atoms with van der Waals surface area (Å²) in [5.41, 5.74) is 2.90. The van der Waals surface area contributed by atoms with E-state index in [0.29, 0.717) is 25.4 Å². The molecule has 0 saturated carbocycles. The molecule has 0 unspecified atom stereocenters. The number of carbonyl (C=O) groups is 1. The van der Waals surface area contributed by atoms with Gasteiger partial charge in [0.1, 0.15) is 0 Å². The Balaban J connectivity index is 2.01. The van der Waals surface area contributed by atoms with Gasteiger partial charge < -0.3 is 9.47 Å². The summed E-state index contributed by atoms with van der Waals surface area (Å²) in [4.78, 5) is 11.7. The van der Waals surface area contributed by atoms with Crippen molar-refractivity contribution in [3.05, 3.63) is 34.9 Å². The first-order valence-electron chi connectivity index (χ1n) is 5.68. The first-order chi connectivity index (χ1) is 7.81. The molecular weight excluding hydrogens is 204 g/mol. The largest absolute Gasteiger partial charge is 0.462 e. The lowest BCUT2D eigenvalue weighted by atomic mass is 10.1. The van der Waals surface area contributed by atoms with Crippen molar-refractivity contribution in [3.8, 4) is 0 Å². The number of hydrogen-bond donors (Lipinski definition) is 0. The van der Waals surface area contributed by atoms with Gasteiger partial charge in [0.05, 0.1) is 25.4 Å². The smallest absolute Gasteiger partial charge is 0.338 e. The quantitative estimate of drug-likeness (QED) is 0.578. The van der Waals surface area contributed by atoms with Crippen LogP contribution in [-0.2, 0) is 22.7 Å². The zero-order valence-corrected chi connectivity index (χ0v) is 9.49. The third-order valence-corrected chi connectivity index (χ3v) is 2.69. The van der Waals surface area contributed by atoms with Gasteiger partial charge in [0, 0.05) is 0 Å². The molecule has 16 heavy (non-hydrogen) atoms. The van der Waals surface area contributed by atoms with Crippen LogP contribution in [0.15, 0.2) is 18.2 Å². The molecule has 0 aliphatic carbocycles. The maximum Gasteiger partial charge on any atom is 0.338 e. The molecular formula is C13H16O3. The van der Waals surface area contributed by atoms with Crippen molar-refractivity contribution in [1.29, 1.82) is 0 Å². The summed E-state index contributed by atoms with van der Waals surface area (Å²) >= 11 is 0. The molecule has 0 amide bonds. The van der Waals surface area contributed by atoms with Crippen LogP contribution in [-0.4, -0.2) is 12.6 Å². The van der Waals surface area contributed by atoms with Crippen LogP contribution in [0.2, 0.25) is 0 Å². The number of fused-ring (bicyclic) bond motifs is 1. The number of unbranched alkanes of at least 4 members (excludes halogenated alkanes) is 1. The Morgan fingerprint density at radius 1 is 1.38 bits per heavy atom. The van der Waals surface area contributed by atoms with Gasteiger partial charge in [-0.2, -0.15) is 0 Å². The number of hydrogen-bond acceptors (Lipinski definition) is 3. The Labute approximate surface area is 95.4 Å². The minimum Gasteiger partial charge on any atom is -0.462 e. The summed E-state index contributed by atoms with van der Waals surface area (Å²) in [7, 11) is 0. The summed E-state index contributed by atoms with van der Waals surface area (Å²) < 4.78 is 10.4. The second kappa shape index (κ2) is 5.12. The van der Waals surface area contributed by atoms with E-state index in [1.54, 1.807) is 0 Å². The second-order valence-corrected chi connectivity index (χ2v) is 3.97. The Kier molecular flexibility index (Phi) is 3.57. The van der Waals surface area contributed by atoms with E-state index in [-0.39, 0.29) is 5.97 Å². The fourth-order valence-corrected chi connectivity index (χ4v) is 1.69. The van der Waals surface area contributed by atoms with Gasteiger partial charge in [0.15, 0.2) is 0 Å². The average Bonchev–Trinajstić information content (AvgIpc) is 2.76. The molecule has 0 bridgehead atoms. The van der Waals surface area contributed by atoms with Crippen LogP contribution in [0.3, 0.4) is 0 Å². The highest BCUT2D eigenvalue weighted by atomic mass is 16.5. The van der Waals surface area contributed by atoms with Gasteiger partial charge in [-0.15, -0.1) is 0 Å². The van der Waals surface area contributed by atoms with Crippen LogP contribution in [0, 0.1) is 0 Å². The van der Waals surface area contributed by atoms with Crippen molar-refractivity contribution in [1.82, 2.24) is 0 Å². The van der Waals surface area contributed by atoms with Crippen LogP contribution < -0.4 is 0 Å². The van der Waals surface area contributed by atoms with E-state index in [4.69, 9.17) is 9.47 Å². The minimum absolute atomic E-state index is 0.233. The van der Waals surface area contributed by atoms with Crippen molar-refractivity contribution in [2.45, 2.75) is 33.0 Å². The van der Waals surface area contributed by atoms with Crippen LogP contribution >= 0.6 is 0 Å². The maximum atomic E-state index is 11.7. The molecule has 1 heterocycles. The molecule has 0 aromatic heterocycles. The number of rotatable bonds is 4. The van der Waals surface area contributed by atoms with E-state index in [1.165, 1.54) is 5.56 Å². The molecule has 3 nitrogen and oxygen atoms in total. The van der Waals surface area contributed by atoms with Crippen molar-refractivity contribution in [3.63, 3.8) is 0 Å². The summed E-state index contributed by atoms with van der Waals surface area (Å²) in [6.07, 6.45) is 1.95. The molecule has 1 aliphatic rings. The van der Waals surface area contributed by atoms with E-state index < -0.39 is 0 Å². The van der Waals surface area contributed by atoms with Crippen molar-refractivity contribution in [2.24, 2.45) is 0 Å². The summed E-state index contributed by atoms with van der Waals surface area (Å²) in [5, 5.41) is 0. The first-order valence-corrected chi connectivity index (χ1v) is 5.68. The van der Waals surface area contributed by atoms with Crippen molar-refractivity contribution < 1.29 is 14.3 Å². The van der Waals surface area contributed by atoms with Crippen molar-refractivity contribution in [2.75, 3.05) is 6.61 Å². The van der Waals surface area contributed by atoms with Crippen LogP contribution in [0.5, 0.6) is 0 Å². The highest BCUT2D eigenvalue weighted by Gasteiger charge is 2.14. The maximum absolute atomic E-state index is 11.7. The standard InChI is InChI=1S/C13H16O3/c1-2-3-6-16-13(14)10-4-5-11-8-15-9-12(11)7-10/h4-5,7H,2-3,6,8-9H2,1H3.